The molecule has 0 atom stereocenters. The summed E-state index contributed by atoms with van der Waals surface area (Å²) >= 11 is 5.58. The number of halogens is 1. The summed E-state index contributed by atoms with van der Waals surface area (Å²) in [5.41, 5.74) is 1.96. The second-order valence-electron chi connectivity index (χ2n) is 2.98. The standard InChI is InChI=1S/C10H8ClNO2/c1-6(13)7-2-3-9-8(4-7)12-10(5-11)14-9/h2-4H,5H2,1H3. The van der Waals surface area contributed by atoms with E-state index in [-0.39, 0.29) is 11.7 Å². The number of carbonyl (C=O) groups is 1. The van der Waals surface area contributed by atoms with Crippen molar-refractivity contribution in [3.63, 3.8) is 0 Å². The average Bonchev–Trinajstić information content (AvgIpc) is 2.58. The Kier molecular flexibility index (Phi) is 2.25. The van der Waals surface area contributed by atoms with Crippen LogP contribution in [-0.2, 0) is 5.88 Å². The van der Waals surface area contributed by atoms with Gasteiger partial charge < -0.3 is 4.42 Å². The second kappa shape index (κ2) is 3.42. The minimum absolute atomic E-state index is 0.0160. The number of hydrogen-bond donors (Lipinski definition) is 0. The van der Waals surface area contributed by atoms with Crippen molar-refractivity contribution in [3.8, 4) is 0 Å². The van der Waals surface area contributed by atoms with E-state index < -0.39 is 0 Å². The van der Waals surface area contributed by atoms with Crippen LogP contribution in [0.4, 0.5) is 0 Å². The van der Waals surface area contributed by atoms with Crippen molar-refractivity contribution >= 4 is 28.5 Å². The van der Waals surface area contributed by atoms with E-state index in [1.54, 1.807) is 18.2 Å². The lowest BCUT2D eigenvalue weighted by Crippen LogP contribution is -1.90. The highest BCUT2D eigenvalue weighted by Crippen LogP contribution is 2.18. The van der Waals surface area contributed by atoms with Gasteiger partial charge in [0.1, 0.15) is 5.52 Å². The van der Waals surface area contributed by atoms with Gasteiger partial charge in [-0.05, 0) is 25.1 Å². The zero-order valence-corrected chi connectivity index (χ0v) is 8.34. The molecule has 0 saturated heterocycles. The lowest BCUT2D eigenvalue weighted by molar-refractivity contribution is 0.101. The molecule has 0 unspecified atom stereocenters. The third-order valence-electron chi connectivity index (χ3n) is 1.95. The summed E-state index contributed by atoms with van der Waals surface area (Å²) in [6.07, 6.45) is 0. The molecule has 1 heterocycles. The lowest BCUT2D eigenvalue weighted by atomic mass is 10.1. The molecule has 2 rings (SSSR count). The summed E-state index contributed by atoms with van der Waals surface area (Å²) in [6.45, 7) is 1.52. The molecular weight excluding hydrogens is 202 g/mol. The summed E-state index contributed by atoms with van der Waals surface area (Å²) in [7, 11) is 0. The Labute approximate surface area is 85.7 Å². The Morgan fingerprint density at radius 2 is 2.36 bits per heavy atom. The minimum atomic E-state index is 0.0160. The Morgan fingerprint density at radius 1 is 1.57 bits per heavy atom. The van der Waals surface area contributed by atoms with Gasteiger partial charge >= 0.3 is 0 Å². The fraction of sp³-hybridized carbons (Fsp3) is 0.200. The monoisotopic (exact) mass is 209 g/mol. The normalized spacial score (nSPS) is 10.7. The van der Waals surface area contributed by atoms with Crippen molar-refractivity contribution in [1.82, 2.24) is 4.98 Å². The number of rotatable bonds is 2. The summed E-state index contributed by atoms with van der Waals surface area (Å²) < 4.78 is 5.30. The van der Waals surface area contributed by atoms with Crippen LogP contribution in [-0.4, -0.2) is 10.8 Å². The Bertz CT molecular complexity index is 490. The predicted molar refractivity (Wildman–Crippen MR) is 53.6 cm³/mol. The van der Waals surface area contributed by atoms with Crippen LogP contribution < -0.4 is 0 Å². The summed E-state index contributed by atoms with van der Waals surface area (Å²) in [5.74, 6) is 0.731. The van der Waals surface area contributed by atoms with Gasteiger partial charge in [-0.25, -0.2) is 4.98 Å². The number of hydrogen-bond acceptors (Lipinski definition) is 3. The quantitative estimate of drug-likeness (QED) is 0.564. The molecule has 4 heteroatoms. The van der Waals surface area contributed by atoms with E-state index in [2.05, 4.69) is 4.98 Å². The zero-order chi connectivity index (χ0) is 10.1. The van der Waals surface area contributed by atoms with E-state index in [9.17, 15) is 4.79 Å². The summed E-state index contributed by atoms with van der Waals surface area (Å²) in [5, 5.41) is 0. The Morgan fingerprint density at radius 3 is 3.00 bits per heavy atom. The van der Waals surface area contributed by atoms with Crippen molar-refractivity contribution in [2.24, 2.45) is 0 Å². The van der Waals surface area contributed by atoms with Crippen LogP contribution in [0.2, 0.25) is 0 Å². The third-order valence-corrected chi connectivity index (χ3v) is 2.18. The molecule has 1 aromatic heterocycles. The first kappa shape index (κ1) is 9.21. The van der Waals surface area contributed by atoms with Crippen LogP contribution in [0.15, 0.2) is 22.6 Å². The summed E-state index contributed by atoms with van der Waals surface area (Å²) in [6, 6.07) is 5.15. The number of carbonyl (C=O) groups excluding carboxylic acids is 1. The molecule has 0 aliphatic heterocycles. The van der Waals surface area contributed by atoms with Gasteiger partial charge in [0.25, 0.3) is 0 Å². The van der Waals surface area contributed by atoms with Crippen molar-refractivity contribution in [3.05, 3.63) is 29.7 Å². The fourth-order valence-corrected chi connectivity index (χ4v) is 1.37. The van der Waals surface area contributed by atoms with E-state index in [1.807, 2.05) is 0 Å². The smallest absolute Gasteiger partial charge is 0.210 e. The number of fused-ring (bicyclic) bond motifs is 1. The van der Waals surface area contributed by atoms with E-state index >= 15 is 0 Å². The Balaban J connectivity index is 2.59. The molecular formula is C10H8ClNO2. The first-order chi connectivity index (χ1) is 6.70. The molecule has 1 aromatic carbocycles. The molecule has 0 aliphatic rings. The maximum Gasteiger partial charge on any atom is 0.210 e. The van der Waals surface area contributed by atoms with Crippen LogP contribution >= 0.6 is 11.6 Å². The van der Waals surface area contributed by atoms with Gasteiger partial charge in [0, 0.05) is 5.56 Å². The number of ketones is 1. The second-order valence-corrected chi connectivity index (χ2v) is 3.25. The topological polar surface area (TPSA) is 43.1 Å². The minimum Gasteiger partial charge on any atom is -0.439 e. The number of oxazole rings is 1. The maximum absolute atomic E-state index is 11.1. The molecule has 0 saturated carbocycles. The van der Waals surface area contributed by atoms with Gasteiger partial charge in [0.15, 0.2) is 11.4 Å². The zero-order valence-electron chi connectivity index (χ0n) is 7.58. The largest absolute Gasteiger partial charge is 0.439 e. The molecule has 0 fully saturated rings. The molecule has 2 aromatic rings. The maximum atomic E-state index is 11.1. The fourth-order valence-electron chi connectivity index (χ4n) is 1.25. The highest BCUT2D eigenvalue weighted by molar-refractivity contribution is 6.16. The highest BCUT2D eigenvalue weighted by atomic mass is 35.5. The van der Waals surface area contributed by atoms with Crippen molar-refractivity contribution in [2.75, 3.05) is 0 Å². The van der Waals surface area contributed by atoms with Crippen molar-refractivity contribution < 1.29 is 9.21 Å². The molecule has 3 nitrogen and oxygen atoms in total. The lowest BCUT2D eigenvalue weighted by Gasteiger charge is -1.92. The molecule has 0 bridgehead atoms. The Hall–Kier alpha value is -1.35. The van der Waals surface area contributed by atoms with Crippen molar-refractivity contribution in [1.29, 1.82) is 0 Å². The first-order valence-electron chi connectivity index (χ1n) is 4.17. The molecule has 0 N–H and O–H groups in total. The van der Waals surface area contributed by atoms with Crippen LogP contribution in [0.3, 0.4) is 0 Å². The SMILES string of the molecule is CC(=O)c1ccc2oc(CCl)nc2c1. The van der Waals surface area contributed by atoms with Gasteiger partial charge in [-0.1, -0.05) is 0 Å². The van der Waals surface area contributed by atoms with Gasteiger partial charge in [-0.3, -0.25) is 4.79 Å². The molecule has 14 heavy (non-hydrogen) atoms. The highest BCUT2D eigenvalue weighted by Gasteiger charge is 2.06. The van der Waals surface area contributed by atoms with E-state index in [4.69, 9.17) is 16.0 Å². The van der Waals surface area contributed by atoms with Gasteiger partial charge in [0.05, 0.1) is 5.88 Å². The van der Waals surface area contributed by atoms with Gasteiger partial charge in [-0.2, -0.15) is 0 Å². The number of benzene rings is 1. The number of alkyl halides is 1. The average molecular weight is 210 g/mol. The molecule has 0 radical (unpaired) electrons. The molecule has 0 amide bonds. The van der Waals surface area contributed by atoms with Crippen LogP contribution in [0, 0.1) is 0 Å². The number of nitrogens with zero attached hydrogens (tertiary/aromatic N) is 1. The molecule has 0 aliphatic carbocycles. The van der Waals surface area contributed by atoms with Gasteiger partial charge in [0.2, 0.25) is 5.89 Å². The van der Waals surface area contributed by atoms with E-state index in [0.717, 1.165) is 0 Å². The number of Topliss-reactive ketones (excluding diaryl/α,β-unsaturated/α-hetero) is 1. The first-order valence-corrected chi connectivity index (χ1v) is 4.70. The van der Waals surface area contributed by atoms with E-state index in [0.29, 0.717) is 22.6 Å². The molecule has 72 valence electrons. The van der Waals surface area contributed by atoms with Crippen LogP contribution in [0.5, 0.6) is 0 Å². The van der Waals surface area contributed by atoms with Crippen LogP contribution in [0.1, 0.15) is 23.2 Å². The van der Waals surface area contributed by atoms with Crippen LogP contribution in [0.25, 0.3) is 11.1 Å². The van der Waals surface area contributed by atoms with Crippen molar-refractivity contribution in [2.45, 2.75) is 12.8 Å². The molecule has 0 spiro atoms. The summed E-state index contributed by atoms with van der Waals surface area (Å²) in [4.78, 5) is 15.2. The number of aromatic nitrogens is 1. The predicted octanol–water partition coefficient (Wildman–Crippen LogP) is 2.77. The third kappa shape index (κ3) is 1.51. The van der Waals surface area contributed by atoms with E-state index in [1.165, 1.54) is 6.92 Å². The van der Waals surface area contributed by atoms with Gasteiger partial charge in [-0.15, -0.1) is 11.6 Å².